The van der Waals surface area contributed by atoms with Crippen LogP contribution in [0.2, 0.25) is 0 Å². The second-order valence-electron chi connectivity index (χ2n) is 6.86. The summed E-state index contributed by atoms with van der Waals surface area (Å²) < 4.78 is 14.8. The Morgan fingerprint density at radius 3 is 2.52 bits per heavy atom. The van der Waals surface area contributed by atoms with Gasteiger partial charge in [-0.2, -0.15) is 5.10 Å². The highest BCUT2D eigenvalue weighted by Gasteiger charge is 2.18. The van der Waals surface area contributed by atoms with E-state index in [2.05, 4.69) is 10.4 Å². The van der Waals surface area contributed by atoms with Crippen molar-refractivity contribution >= 4 is 17.6 Å². The molecule has 0 aliphatic heterocycles. The summed E-state index contributed by atoms with van der Waals surface area (Å²) in [5.41, 5.74) is 1.98. The SMILES string of the molecule is CN(Cc1cccc(F)c1)C(=O)c1cc(NC(=O)CCc2ccccc2)n(C)n1. The van der Waals surface area contributed by atoms with E-state index < -0.39 is 0 Å². The average molecular weight is 394 g/mol. The van der Waals surface area contributed by atoms with Crippen molar-refractivity contribution in [3.05, 3.63) is 83.3 Å². The molecule has 0 saturated carbocycles. The molecule has 29 heavy (non-hydrogen) atoms. The summed E-state index contributed by atoms with van der Waals surface area (Å²) in [5.74, 6) is -0.356. The lowest BCUT2D eigenvalue weighted by molar-refractivity contribution is -0.116. The smallest absolute Gasteiger partial charge is 0.274 e. The maximum absolute atomic E-state index is 13.3. The molecule has 3 aromatic rings. The van der Waals surface area contributed by atoms with E-state index in [1.54, 1.807) is 32.3 Å². The third-order valence-corrected chi connectivity index (χ3v) is 4.51. The van der Waals surface area contributed by atoms with Crippen molar-refractivity contribution in [1.29, 1.82) is 0 Å². The number of benzene rings is 2. The molecule has 0 unspecified atom stereocenters. The van der Waals surface area contributed by atoms with Gasteiger partial charge in [0.15, 0.2) is 5.69 Å². The van der Waals surface area contributed by atoms with E-state index in [9.17, 15) is 14.0 Å². The number of carbonyl (C=O) groups excluding carboxylic acids is 2. The summed E-state index contributed by atoms with van der Waals surface area (Å²) in [7, 11) is 3.29. The first kappa shape index (κ1) is 20.3. The summed E-state index contributed by atoms with van der Waals surface area (Å²) in [6.45, 7) is 0.256. The van der Waals surface area contributed by atoms with Crippen LogP contribution in [0.15, 0.2) is 60.7 Å². The predicted molar refractivity (Wildman–Crippen MR) is 109 cm³/mol. The second kappa shape index (κ2) is 9.14. The summed E-state index contributed by atoms with van der Waals surface area (Å²) in [6.07, 6.45) is 0.963. The van der Waals surface area contributed by atoms with Crippen LogP contribution in [0.5, 0.6) is 0 Å². The molecule has 0 aliphatic rings. The average Bonchev–Trinajstić information content (AvgIpc) is 3.07. The minimum atomic E-state index is -0.346. The number of aryl methyl sites for hydroxylation is 2. The van der Waals surface area contributed by atoms with E-state index in [0.717, 1.165) is 5.56 Å². The van der Waals surface area contributed by atoms with Gasteiger partial charge >= 0.3 is 0 Å². The Bertz CT molecular complexity index is 1000. The molecule has 1 heterocycles. The number of carbonyl (C=O) groups is 2. The zero-order valence-electron chi connectivity index (χ0n) is 16.4. The van der Waals surface area contributed by atoms with Crippen molar-refractivity contribution in [2.24, 2.45) is 7.05 Å². The Morgan fingerprint density at radius 1 is 1.07 bits per heavy atom. The molecule has 1 aromatic heterocycles. The van der Waals surface area contributed by atoms with Crippen molar-refractivity contribution < 1.29 is 14.0 Å². The number of halogens is 1. The zero-order valence-corrected chi connectivity index (χ0v) is 16.4. The molecule has 1 N–H and O–H groups in total. The number of amides is 2. The minimum Gasteiger partial charge on any atom is -0.336 e. The summed E-state index contributed by atoms with van der Waals surface area (Å²) >= 11 is 0. The molecule has 0 atom stereocenters. The van der Waals surface area contributed by atoms with Gasteiger partial charge in [0, 0.05) is 33.1 Å². The van der Waals surface area contributed by atoms with Gasteiger partial charge in [-0.15, -0.1) is 0 Å². The van der Waals surface area contributed by atoms with Crippen molar-refractivity contribution in [3.8, 4) is 0 Å². The number of nitrogens with one attached hydrogen (secondary N) is 1. The molecule has 7 heteroatoms. The second-order valence-corrected chi connectivity index (χ2v) is 6.86. The fraction of sp³-hybridized carbons (Fsp3) is 0.227. The molecule has 3 rings (SSSR count). The van der Waals surface area contributed by atoms with E-state index in [1.165, 1.54) is 21.7 Å². The number of aromatic nitrogens is 2. The molecule has 0 bridgehead atoms. The topological polar surface area (TPSA) is 67.2 Å². The molecule has 0 spiro atoms. The monoisotopic (exact) mass is 394 g/mol. The van der Waals surface area contributed by atoms with Crippen LogP contribution >= 0.6 is 0 Å². The van der Waals surface area contributed by atoms with Crippen LogP contribution in [0, 0.1) is 5.82 Å². The fourth-order valence-corrected chi connectivity index (χ4v) is 2.97. The third kappa shape index (κ3) is 5.51. The number of anilines is 1. The van der Waals surface area contributed by atoms with Gasteiger partial charge in [0.05, 0.1) is 0 Å². The highest BCUT2D eigenvalue weighted by atomic mass is 19.1. The van der Waals surface area contributed by atoms with Gasteiger partial charge in [0.1, 0.15) is 11.6 Å². The Labute approximate surface area is 169 Å². The predicted octanol–water partition coefficient (Wildman–Crippen LogP) is 3.40. The normalized spacial score (nSPS) is 10.6. The van der Waals surface area contributed by atoms with Crippen LogP contribution in [0.1, 0.15) is 28.0 Å². The first-order chi connectivity index (χ1) is 13.9. The first-order valence-corrected chi connectivity index (χ1v) is 9.30. The van der Waals surface area contributed by atoms with E-state index in [0.29, 0.717) is 24.2 Å². The standard InChI is InChI=1S/C22H23FN4O2/c1-26(15-17-9-6-10-18(23)13-17)22(29)19-14-20(27(2)25-19)24-21(28)12-11-16-7-4-3-5-8-16/h3-10,13-14H,11-12,15H2,1-2H3,(H,24,28). The Kier molecular flexibility index (Phi) is 6.39. The van der Waals surface area contributed by atoms with Crippen LogP contribution < -0.4 is 5.32 Å². The van der Waals surface area contributed by atoms with Gasteiger partial charge in [0.2, 0.25) is 5.91 Å². The Hall–Kier alpha value is -3.48. The summed E-state index contributed by atoms with van der Waals surface area (Å²) in [4.78, 5) is 26.3. The van der Waals surface area contributed by atoms with Crippen LogP contribution in [0.3, 0.4) is 0 Å². The molecule has 0 aliphatic carbocycles. The lowest BCUT2D eigenvalue weighted by atomic mass is 10.1. The number of hydrogen-bond donors (Lipinski definition) is 1. The minimum absolute atomic E-state index is 0.149. The maximum atomic E-state index is 13.3. The highest BCUT2D eigenvalue weighted by Crippen LogP contribution is 2.14. The largest absolute Gasteiger partial charge is 0.336 e. The summed E-state index contributed by atoms with van der Waals surface area (Å²) in [6, 6.07) is 17.4. The molecular weight excluding hydrogens is 371 g/mol. The lowest BCUT2D eigenvalue weighted by Crippen LogP contribution is -2.26. The van der Waals surface area contributed by atoms with Gasteiger partial charge < -0.3 is 10.2 Å². The van der Waals surface area contributed by atoms with Crippen LogP contribution in [0.4, 0.5) is 10.2 Å². The van der Waals surface area contributed by atoms with Gasteiger partial charge in [-0.05, 0) is 29.7 Å². The Morgan fingerprint density at radius 2 is 1.79 bits per heavy atom. The number of nitrogens with zero attached hydrogens (tertiary/aromatic N) is 3. The molecule has 150 valence electrons. The zero-order chi connectivity index (χ0) is 20.8. The van der Waals surface area contributed by atoms with E-state index in [-0.39, 0.29) is 29.9 Å². The molecule has 2 aromatic carbocycles. The Balaban J connectivity index is 1.59. The van der Waals surface area contributed by atoms with E-state index >= 15 is 0 Å². The highest BCUT2D eigenvalue weighted by molar-refractivity contribution is 5.95. The molecule has 0 radical (unpaired) electrons. The number of hydrogen-bond acceptors (Lipinski definition) is 3. The van der Waals surface area contributed by atoms with Crippen molar-refractivity contribution in [2.45, 2.75) is 19.4 Å². The van der Waals surface area contributed by atoms with Crippen LogP contribution in [0.25, 0.3) is 0 Å². The maximum Gasteiger partial charge on any atom is 0.274 e. The van der Waals surface area contributed by atoms with Gasteiger partial charge in [0.25, 0.3) is 5.91 Å². The van der Waals surface area contributed by atoms with E-state index in [4.69, 9.17) is 0 Å². The molecular formula is C22H23FN4O2. The van der Waals surface area contributed by atoms with Crippen molar-refractivity contribution in [2.75, 3.05) is 12.4 Å². The van der Waals surface area contributed by atoms with Crippen LogP contribution in [-0.2, 0) is 24.8 Å². The first-order valence-electron chi connectivity index (χ1n) is 9.30. The van der Waals surface area contributed by atoms with Crippen molar-refractivity contribution in [3.63, 3.8) is 0 Å². The molecule has 0 saturated heterocycles. The third-order valence-electron chi connectivity index (χ3n) is 4.51. The van der Waals surface area contributed by atoms with Crippen molar-refractivity contribution in [1.82, 2.24) is 14.7 Å². The van der Waals surface area contributed by atoms with Gasteiger partial charge in [-0.25, -0.2) is 4.39 Å². The molecule has 0 fully saturated rings. The van der Waals surface area contributed by atoms with E-state index in [1.807, 2.05) is 30.3 Å². The molecule has 2 amide bonds. The quantitative estimate of drug-likeness (QED) is 0.668. The molecule has 6 nitrogen and oxygen atoms in total. The number of rotatable bonds is 7. The lowest BCUT2D eigenvalue weighted by Gasteiger charge is -2.15. The summed E-state index contributed by atoms with van der Waals surface area (Å²) in [5, 5.41) is 6.99. The van der Waals surface area contributed by atoms with Gasteiger partial charge in [-0.3, -0.25) is 14.3 Å². The fourth-order valence-electron chi connectivity index (χ4n) is 2.97. The van der Waals surface area contributed by atoms with Crippen LogP contribution in [-0.4, -0.2) is 33.5 Å². The van der Waals surface area contributed by atoms with Gasteiger partial charge in [-0.1, -0.05) is 42.5 Å².